The van der Waals surface area contributed by atoms with Crippen molar-refractivity contribution in [1.29, 1.82) is 0 Å². The van der Waals surface area contributed by atoms with Gasteiger partial charge in [0.15, 0.2) is 0 Å². The van der Waals surface area contributed by atoms with Gasteiger partial charge in [-0.3, -0.25) is 9.35 Å². The molecule has 0 saturated heterocycles. The molecule has 0 bridgehead atoms. The van der Waals surface area contributed by atoms with Gasteiger partial charge in [0, 0.05) is 0 Å². The van der Waals surface area contributed by atoms with Crippen molar-refractivity contribution in [1.82, 2.24) is 5.32 Å². The third-order valence-electron chi connectivity index (χ3n) is 5.33. The molecule has 0 aromatic rings. The Bertz CT molecular complexity index is 486. The zero-order valence-corrected chi connectivity index (χ0v) is 21.5. The highest BCUT2D eigenvalue weighted by Gasteiger charge is 2.19. The zero-order chi connectivity index (χ0) is 24.0. The van der Waals surface area contributed by atoms with Gasteiger partial charge in [0.05, 0.1) is 6.26 Å². The van der Waals surface area contributed by atoms with Crippen molar-refractivity contribution in [3.63, 3.8) is 0 Å². The molecule has 7 heteroatoms. The molecule has 0 spiro atoms. The van der Waals surface area contributed by atoms with Gasteiger partial charge in [0.1, 0.15) is 6.04 Å². The molecule has 0 aliphatic rings. The van der Waals surface area contributed by atoms with Crippen LogP contribution in [0.2, 0.25) is 0 Å². The van der Waals surface area contributed by atoms with E-state index in [0.717, 1.165) is 13.0 Å². The van der Waals surface area contributed by atoms with Gasteiger partial charge in [-0.15, -0.1) is 0 Å². The Hall–Kier alpha value is -0.660. The fourth-order valence-electron chi connectivity index (χ4n) is 3.54. The Morgan fingerprint density at radius 1 is 0.742 bits per heavy atom. The van der Waals surface area contributed by atoms with Crippen LogP contribution < -0.4 is 5.32 Å². The van der Waals surface area contributed by atoms with Gasteiger partial charge in [-0.25, -0.2) is 0 Å². The van der Waals surface area contributed by atoms with E-state index in [0.29, 0.717) is 6.26 Å². The van der Waals surface area contributed by atoms with Crippen LogP contribution in [0.4, 0.5) is 0 Å². The Balaban J connectivity index is 0. The van der Waals surface area contributed by atoms with E-state index in [1.807, 2.05) is 13.8 Å². The quantitative estimate of drug-likeness (QED) is 0.141. The van der Waals surface area contributed by atoms with E-state index in [-0.39, 0.29) is 5.92 Å². The molecule has 0 saturated carbocycles. The second-order valence-corrected chi connectivity index (χ2v) is 10.5. The van der Waals surface area contributed by atoms with Crippen LogP contribution in [0.3, 0.4) is 0 Å². The van der Waals surface area contributed by atoms with E-state index in [2.05, 4.69) is 12.2 Å². The first-order valence-electron chi connectivity index (χ1n) is 12.5. The number of carboxylic acid groups (broad SMARTS) is 1. The molecule has 0 aromatic carbocycles. The van der Waals surface area contributed by atoms with Gasteiger partial charge in [0.2, 0.25) is 0 Å². The molecule has 6 nitrogen and oxygen atoms in total. The van der Waals surface area contributed by atoms with Crippen molar-refractivity contribution in [2.45, 2.75) is 130 Å². The fourth-order valence-corrected chi connectivity index (χ4v) is 3.54. The lowest BCUT2D eigenvalue weighted by atomic mass is 10.0. The van der Waals surface area contributed by atoms with E-state index < -0.39 is 22.1 Å². The topological polar surface area (TPSA) is 104 Å². The number of carbonyl (C=O) groups is 1. The summed E-state index contributed by atoms with van der Waals surface area (Å²) < 4.78 is 25.9. The van der Waals surface area contributed by atoms with Crippen LogP contribution in [0.5, 0.6) is 0 Å². The standard InChI is InChI=1S/C23H47NO2.CH4O3S/c1-4-5-6-7-8-9-10-11-12-13-14-15-16-17-18-19-20-24-22(21(2)3)23(25)26;1-5(2,3)4/h21-22,24H,4-20H2,1-3H3,(H,25,26);1H3,(H,2,3,4)/t22-;/m0./s1. The maximum atomic E-state index is 11.1. The summed E-state index contributed by atoms with van der Waals surface area (Å²) in [6, 6.07) is -0.397. The van der Waals surface area contributed by atoms with E-state index in [4.69, 9.17) is 9.66 Å². The molecule has 31 heavy (non-hydrogen) atoms. The molecule has 0 fully saturated rings. The van der Waals surface area contributed by atoms with Crippen LogP contribution in [0, 0.1) is 5.92 Å². The maximum absolute atomic E-state index is 11.1. The summed E-state index contributed by atoms with van der Waals surface area (Å²) in [7, 11) is -3.67. The third kappa shape index (κ3) is 31.6. The SMILES string of the molecule is CCCCCCCCCCCCCCCCCCN[C@H](C(=O)O)C(C)C.CS(=O)(=O)O. The largest absolute Gasteiger partial charge is 0.480 e. The van der Waals surface area contributed by atoms with E-state index in [1.54, 1.807) is 0 Å². The molecule has 188 valence electrons. The lowest BCUT2D eigenvalue weighted by Crippen LogP contribution is -2.41. The predicted molar refractivity (Wildman–Crippen MR) is 131 cm³/mol. The average molecular weight is 466 g/mol. The minimum Gasteiger partial charge on any atom is -0.480 e. The first-order valence-corrected chi connectivity index (χ1v) is 14.3. The summed E-state index contributed by atoms with van der Waals surface area (Å²) in [5.74, 6) is -0.579. The molecule has 0 aliphatic heterocycles. The molecule has 3 N–H and O–H groups in total. The minimum absolute atomic E-state index is 0.147. The summed E-state index contributed by atoms with van der Waals surface area (Å²) >= 11 is 0. The normalized spacial score (nSPS) is 12.5. The molecular weight excluding hydrogens is 414 g/mol. The molecule has 0 amide bonds. The summed E-state index contributed by atoms with van der Waals surface area (Å²) in [5.41, 5.74) is 0. The van der Waals surface area contributed by atoms with Crippen LogP contribution in [0.15, 0.2) is 0 Å². The van der Waals surface area contributed by atoms with Crippen LogP contribution in [-0.2, 0) is 14.9 Å². The molecule has 0 heterocycles. The van der Waals surface area contributed by atoms with Crippen LogP contribution >= 0.6 is 0 Å². The van der Waals surface area contributed by atoms with Gasteiger partial charge in [-0.05, 0) is 18.9 Å². The summed E-state index contributed by atoms with van der Waals surface area (Å²) in [6.07, 6.45) is 22.6. The van der Waals surface area contributed by atoms with E-state index >= 15 is 0 Å². The monoisotopic (exact) mass is 465 g/mol. The smallest absolute Gasteiger partial charge is 0.320 e. The lowest BCUT2D eigenvalue weighted by Gasteiger charge is -2.17. The van der Waals surface area contributed by atoms with Crippen LogP contribution in [-0.4, -0.2) is 42.9 Å². The average Bonchev–Trinajstić information content (AvgIpc) is 2.65. The fraction of sp³-hybridized carbons (Fsp3) is 0.958. The van der Waals surface area contributed by atoms with Gasteiger partial charge in [-0.1, -0.05) is 117 Å². The molecule has 0 aliphatic carbocycles. The van der Waals surface area contributed by atoms with Gasteiger partial charge >= 0.3 is 5.97 Å². The first kappa shape index (κ1) is 32.5. The van der Waals surface area contributed by atoms with Gasteiger partial charge in [0.25, 0.3) is 10.1 Å². The van der Waals surface area contributed by atoms with Crippen molar-refractivity contribution < 1.29 is 22.9 Å². The van der Waals surface area contributed by atoms with E-state index in [9.17, 15) is 13.2 Å². The minimum atomic E-state index is -3.67. The van der Waals surface area contributed by atoms with E-state index in [1.165, 1.54) is 96.3 Å². The lowest BCUT2D eigenvalue weighted by molar-refractivity contribution is -0.140. The molecule has 0 radical (unpaired) electrons. The highest BCUT2D eigenvalue weighted by Crippen LogP contribution is 2.13. The second kappa shape index (κ2) is 22.5. The Morgan fingerprint density at radius 2 is 1.03 bits per heavy atom. The van der Waals surface area contributed by atoms with Crippen molar-refractivity contribution in [2.75, 3.05) is 12.8 Å². The van der Waals surface area contributed by atoms with Crippen molar-refractivity contribution in [3.8, 4) is 0 Å². The molecule has 0 aromatic heterocycles. The number of hydrogen-bond acceptors (Lipinski definition) is 4. The van der Waals surface area contributed by atoms with Crippen molar-refractivity contribution >= 4 is 16.1 Å². The molecule has 0 rings (SSSR count). The Morgan fingerprint density at radius 3 is 1.29 bits per heavy atom. The number of nitrogens with one attached hydrogen (secondary N) is 1. The highest BCUT2D eigenvalue weighted by molar-refractivity contribution is 7.85. The Labute approximate surface area is 192 Å². The first-order chi connectivity index (χ1) is 14.6. The van der Waals surface area contributed by atoms with Gasteiger partial charge < -0.3 is 10.4 Å². The number of unbranched alkanes of at least 4 members (excludes halogenated alkanes) is 15. The van der Waals surface area contributed by atoms with Crippen molar-refractivity contribution in [2.24, 2.45) is 5.92 Å². The zero-order valence-electron chi connectivity index (χ0n) is 20.7. The molecular formula is C24H51NO5S. The summed E-state index contributed by atoms with van der Waals surface area (Å²) in [6.45, 7) is 7.02. The number of aliphatic carboxylic acids is 1. The summed E-state index contributed by atoms with van der Waals surface area (Å²) in [4.78, 5) is 11.1. The van der Waals surface area contributed by atoms with Gasteiger partial charge in [-0.2, -0.15) is 8.42 Å². The Kier molecular flexibility index (Phi) is 23.6. The summed E-state index contributed by atoms with van der Waals surface area (Å²) in [5, 5.41) is 12.3. The number of carboxylic acids is 1. The van der Waals surface area contributed by atoms with Crippen LogP contribution in [0.25, 0.3) is 0 Å². The third-order valence-corrected chi connectivity index (χ3v) is 5.33. The molecule has 0 unspecified atom stereocenters. The number of rotatable bonds is 20. The highest BCUT2D eigenvalue weighted by atomic mass is 32.2. The second-order valence-electron chi connectivity index (χ2n) is 9.05. The predicted octanol–water partition coefficient (Wildman–Crippen LogP) is 6.45. The van der Waals surface area contributed by atoms with Crippen molar-refractivity contribution in [3.05, 3.63) is 0 Å². The molecule has 1 atom stereocenters. The maximum Gasteiger partial charge on any atom is 0.320 e. The number of hydrogen-bond donors (Lipinski definition) is 3. The van der Waals surface area contributed by atoms with Crippen LogP contribution in [0.1, 0.15) is 124 Å².